The summed E-state index contributed by atoms with van der Waals surface area (Å²) in [5, 5.41) is 22.7. The van der Waals surface area contributed by atoms with Crippen molar-refractivity contribution in [3.63, 3.8) is 0 Å². The lowest BCUT2D eigenvalue weighted by Crippen LogP contribution is -2.06. The van der Waals surface area contributed by atoms with E-state index in [9.17, 15) is 0 Å². The first-order chi connectivity index (χ1) is 15.7. The van der Waals surface area contributed by atoms with Gasteiger partial charge in [0.15, 0.2) is 16.8 Å². The maximum atomic E-state index is 6.08. The zero-order chi connectivity index (χ0) is 21.9. The highest BCUT2D eigenvalue weighted by Crippen LogP contribution is 2.36. The van der Waals surface area contributed by atoms with Gasteiger partial charge >= 0.3 is 0 Å². The van der Waals surface area contributed by atoms with Crippen molar-refractivity contribution in [3.8, 4) is 22.8 Å². The molecule has 7 nitrogen and oxygen atoms in total. The molecule has 2 aromatic heterocycles. The summed E-state index contributed by atoms with van der Waals surface area (Å²) in [6.45, 7) is 2.06. The van der Waals surface area contributed by atoms with E-state index in [1.807, 2.05) is 89.5 Å². The number of nitrogens with zero attached hydrogens (tertiary/aromatic N) is 7. The van der Waals surface area contributed by atoms with Crippen LogP contribution in [-0.2, 0) is 0 Å². The van der Waals surface area contributed by atoms with Crippen molar-refractivity contribution < 1.29 is 0 Å². The minimum atomic E-state index is -0.0741. The quantitative estimate of drug-likeness (QED) is 0.316. The third kappa shape index (κ3) is 4.02. The van der Waals surface area contributed by atoms with Gasteiger partial charge in [0, 0.05) is 16.3 Å². The standard InChI is InChI=1S/C23H18ClN7S/c1-16(21-26-28-29-31(21)20-10-6-3-7-11-20)32-23-27-25-22(17-12-14-18(24)15-13-17)30(23)19-8-4-2-5-9-19/h2-16H,1H3. The number of tetrazole rings is 1. The number of hydrogen-bond donors (Lipinski definition) is 0. The van der Waals surface area contributed by atoms with Crippen LogP contribution in [0.4, 0.5) is 0 Å². The van der Waals surface area contributed by atoms with Crippen molar-refractivity contribution in [3.05, 3.63) is 95.8 Å². The Kier molecular flexibility index (Phi) is 5.70. The van der Waals surface area contributed by atoms with E-state index in [4.69, 9.17) is 11.6 Å². The van der Waals surface area contributed by atoms with Crippen LogP contribution in [0.1, 0.15) is 18.0 Å². The van der Waals surface area contributed by atoms with E-state index in [0.717, 1.165) is 33.7 Å². The van der Waals surface area contributed by atoms with Gasteiger partial charge in [0.25, 0.3) is 0 Å². The molecule has 1 atom stereocenters. The molecule has 0 aliphatic rings. The molecule has 0 amide bonds. The van der Waals surface area contributed by atoms with Crippen LogP contribution in [0.15, 0.2) is 90.1 Å². The number of aromatic nitrogens is 7. The molecular formula is C23H18ClN7S. The Hall–Kier alpha value is -3.49. The third-order valence-corrected chi connectivity index (χ3v) is 6.18. The predicted octanol–water partition coefficient (Wildman–Crippen LogP) is 5.42. The van der Waals surface area contributed by atoms with Crippen LogP contribution < -0.4 is 0 Å². The molecule has 0 N–H and O–H groups in total. The van der Waals surface area contributed by atoms with E-state index in [0.29, 0.717) is 5.02 Å². The first-order valence-corrected chi connectivity index (χ1v) is 11.2. The molecule has 1 unspecified atom stereocenters. The fraction of sp³-hybridized carbons (Fsp3) is 0.0870. The van der Waals surface area contributed by atoms with Gasteiger partial charge in [-0.05, 0) is 65.9 Å². The Bertz CT molecular complexity index is 1320. The minimum absolute atomic E-state index is 0.0741. The Labute approximate surface area is 194 Å². The monoisotopic (exact) mass is 459 g/mol. The topological polar surface area (TPSA) is 74.3 Å². The highest BCUT2D eigenvalue weighted by molar-refractivity contribution is 7.99. The summed E-state index contributed by atoms with van der Waals surface area (Å²) >= 11 is 7.63. The Morgan fingerprint density at radius 2 is 1.44 bits per heavy atom. The summed E-state index contributed by atoms with van der Waals surface area (Å²) in [6, 6.07) is 27.5. The van der Waals surface area contributed by atoms with Crippen LogP contribution in [0, 0.1) is 0 Å². The van der Waals surface area contributed by atoms with Crippen LogP contribution in [0.3, 0.4) is 0 Å². The Morgan fingerprint density at radius 1 is 0.781 bits per heavy atom. The average Bonchev–Trinajstić information content (AvgIpc) is 3.48. The van der Waals surface area contributed by atoms with Crippen LogP contribution in [-0.4, -0.2) is 35.0 Å². The molecular weight excluding hydrogens is 442 g/mol. The molecule has 0 aliphatic carbocycles. The molecule has 0 saturated heterocycles. The van der Waals surface area contributed by atoms with Gasteiger partial charge in [0.1, 0.15) is 0 Å². The summed E-state index contributed by atoms with van der Waals surface area (Å²) in [4.78, 5) is 0. The highest BCUT2D eigenvalue weighted by atomic mass is 35.5. The summed E-state index contributed by atoms with van der Waals surface area (Å²) < 4.78 is 3.79. The number of thioether (sulfide) groups is 1. The summed E-state index contributed by atoms with van der Waals surface area (Å²) in [7, 11) is 0. The fourth-order valence-electron chi connectivity index (χ4n) is 3.35. The van der Waals surface area contributed by atoms with E-state index in [1.54, 1.807) is 16.4 Å². The Morgan fingerprint density at radius 3 is 2.12 bits per heavy atom. The molecule has 9 heteroatoms. The molecule has 3 aromatic carbocycles. The molecule has 0 fully saturated rings. The van der Waals surface area contributed by atoms with E-state index in [1.165, 1.54) is 0 Å². The largest absolute Gasteiger partial charge is 0.270 e. The van der Waals surface area contributed by atoms with Crippen LogP contribution in [0.25, 0.3) is 22.8 Å². The van der Waals surface area contributed by atoms with Gasteiger partial charge in [0.05, 0.1) is 10.9 Å². The van der Waals surface area contributed by atoms with Crippen LogP contribution in [0.2, 0.25) is 5.02 Å². The molecule has 0 bridgehead atoms. The SMILES string of the molecule is CC(Sc1nnc(-c2ccc(Cl)cc2)n1-c1ccccc1)c1nnnn1-c1ccccc1. The van der Waals surface area contributed by atoms with E-state index < -0.39 is 0 Å². The van der Waals surface area contributed by atoms with Crippen LogP contribution >= 0.6 is 23.4 Å². The smallest absolute Gasteiger partial charge is 0.196 e. The lowest BCUT2D eigenvalue weighted by molar-refractivity contribution is 0.760. The zero-order valence-electron chi connectivity index (χ0n) is 17.1. The average molecular weight is 460 g/mol. The van der Waals surface area contributed by atoms with E-state index in [-0.39, 0.29) is 5.25 Å². The molecule has 5 rings (SSSR count). The molecule has 0 radical (unpaired) electrons. The number of halogens is 1. The van der Waals surface area contributed by atoms with Crippen molar-refractivity contribution in [2.45, 2.75) is 17.3 Å². The maximum Gasteiger partial charge on any atom is 0.196 e. The van der Waals surface area contributed by atoms with Crippen molar-refractivity contribution in [1.82, 2.24) is 35.0 Å². The van der Waals surface area contributed by atoms with Crippen molar-refractivity contribution >= 4 is 23.4 Å². The van der Waals surface area contributed by atoms with E-state index >= 15 is 0 Å². The summed E-state index contributed by atoms with van der Waals surface area (Å²) in [5.74, 6) is 1.47. The van der Waals surface area contributed by atoms with E-state index in [2.05, 4.69) is 32.6 Å². The minimum Gasteiger partial charge on any atom is -0.270 e. The predicted molar refractivity (Wildman–Crippen MR) is 125 cm³/mol. The van der Waals surface area contributed by atoms with Gasteiger partial charge in [-0.3, -0.25) is 4.57 Å². The summed E-state index contributed by atoms with van der Waals surface area (Å²) in [5.41, 5.74) is 2.81. The molecule has 0 spiro atoms. The number of rotatable bonds is 6. The first-order valence-electron chi connectivity index (χ1n) is 9.98. The lowest BCUT2D eigenvalue weighted by atomic mass is 10.2. The number of benzene rings is 3. The number of hydrogen-bond acceptors (Lipinski definition) is 6. The van der Waals surface area contributed by atoms with Crippen molar-refractivity contribution in [2.24, 2.45) is 0 Å². The highest BCUT2D eigenvalue weighted by Gasteiger charge is 2.22. The maximum absolute atomic E-state index is 6.08. The van der Waals surface area contributed by atoms with Gasteiger partial charge in [-0.15, -0.1) is 15.3 Å². The Balaban J connectivity index is 1.54. The van der Waals surface area contributed by atoms with Crippen molar-refractivity contribution in [2.75, 3.05) is 0 Å². The molecule has 0 aliphatic heterocycles. The zero-order valence-corrected chi connectivity index (χ0v) is 18.6. The normalized spacial score (nSPS) is 12.1. The van der Waals surface area contributed by atoms with Gasteiger partial charge < -0.3 is 0 Å². The van der Waals surface area contributed by atoms with Gasteiger partial charge in [0.2, 0.25) is 0 Å². The third-order valence-electron chi connectivity index (χ3n) is 4.89. The molecule has 2 heterocycles. The fourth-order valence-corrected chi connectivity index (χ4v) is 4.43. The van der Waals surface area contributed by atoms with Gasteiger partial charge in [-0.2, -0.15) is 4.68 Å². The van der Waals surface area contributed by atoms with Gasteiger partial charge in [-0.25, -0.2) is 0 Å². The lowest BCUT2D eigenvalue weighted by Gasteiger charge is -2.13. The van der Waals surface area contributed by atoms with Crippen molar-refractivity contribution in [1.29, 1.82) is 0 Å². The first kappa shape index (κ1) is 20.4. The molecule has 158 valence electrons. The van der Waals surface area contributed by atoms with Gasteiger partial charge in [-0.1, -0.05) is 59.8 Å². The molecule has 5 aromatic rings. The second-order valence-electron chi connectivity index (χ2n) is 7.03. The number of para-hydroxylation sites is 2. The molecule has 32 heavy (non-hydrogen) atoms. The molecule has 0 saturated carbocycles. The second kappa shape index (κ2) is 8.94. The summed E-state index contributed by atoms with van der Waals surface area (Å²) in [6.07, 6.45) is 0. The van der Waals surface area contributed by atoms with Crippen LogP contribution in [0.5, 0.6) is 0 Å². The second-order valence-corrected chi connectivity index (χ2v) is 8.77.